The fraction of sp³-hybridized carbons (Fsp3) is 0.100. The summed E-state index contributed by atoms with van der Waals surface area (Å²) in [5.74, 6) is -1.08. The predicted octanol–water partition coefficient (Wildman–Crippen LogP) is -1.79. The van der Waals surface area contributed by atoms with Gasteiger partial charge in [0.2, 0.25) is 0 Å². The molecule has 16 heavy (non-hydrogen) atoms. The second-order valence-electron chi connectivity index (χ2n) is 3.24. The molecular weight excluding hydrogens is 208 g/mol. The monoisotopic (exact) mass is 218 g/mol. The first-order valence-electron chi connectivity index (χ1n) is 4.74. The summed E-state index contributed by atoms with van der Waals surface area (Å²) in [6.45, 7) is -0.0774. The van der Waals surface area contributed by atoms with Gasteiger partial charge in [0.25, 0.3) is 0 Å². The Morgan fingerprint density at radius 2 is 1.88 bits per heavy atom. The summed E-state index contributed by atoms with van der Waals surface area (Å²) in [7, 11) is 0. The van der Waals surface area contributed by atoms with Crippen LogP contribution in [-0.2, 0) is 4.79 Å². The Morgan fingerprint density at radius 1 is 1.25 bits per heavy atom. The Bertz CT molecular complexity index is 464. The Labute approximate surface area is 91.6 Å². The molecule has 1 aromatic carbocycles. The molecule has 0 saturated carbocycles. The van der Waals surface area contributed by atoms with Crippen LogP contribution in [0.1, 0.15) is 0 Å². The Kier molecular flexibility index (Phi) is 2.93. The number of hydrogen-bond acceptors (Lipinski definition) is 4. The molecule has 82 valence electrons. The lowest BCUT2D eigenvalue weighted by Crippen LogP contribution is -2.81. The zero-order valence-electron chi connectivity index (χ0n) is 8.41. The first-order valence-corrected chi connectivity index (χ1v) is 4.74. The lowest BCUT2D eigenvalue weighted by Gasteiger charge is -2.03. The zero-order chi connectivity index (χ0) is 11.4. The molecule has 0 bridgehead atoms. The van der Waals surface area contributed by atoms with Gasteiger partial charge < -0.3 is 15.2 Å². The molecule has 0 spiro atoms. The van der Waals surface area contributed by atoms with E-state index in [2.05, 4.69) is 10.2 Å². The van der Waals surface area contributed by atoms with Gasteiger partial charge in [-0.25, -0.2) is 0 Å². The van der Waals surface area contributed by atoms with Crippen molar-refractivity contribution < 1.29 is 15.2 Å². The van der Waals surface area contributed by atoms with Crippen LogP contribution in [0.5, 0.6) is 0 Å². The maximum atomic E-state index is 10.3. The number of hydrogen-bond donors (Lipinski definition) is 1. The van der Waals surface area contributed by atoms with Crippen LogP contribution in [0.2, 0.25) is 0 Å². The van der Waals surface area contributed by atoms with E-state index in [1.54, 1.807) is 22.5 Å². The molecule has 0 aliphatic rings. The highest BCUT2D eigenvalue weighted by atomic mass is 16.4. The quantitative estimate of drug-likeness (QED) is 0.614. The van der Waals surface area contributed by atoms with Crippen molar-refractivity contribution in [3.8, 4) is 5.69 Å². The summed E-state index contributed by atoms with van der Waals surface area (Å²) in [5, 5.41) is 19.3. The van der Waals surface area contributed by atoms with E-state index < -0.39 is 5.97 Å². The van der Waals surface area contributed by atoms with Crippen molar-refractivity contribution in [2.75, 3.05) is 6.54 Å². The summed E-state index contributed by atoms with van der Waals surface area (Å²) in [6, 6.07) is 7.39. The Balaban J connectivity index is 2.08. The molecule has 2 aromatic rings. The molecule has 1 aromatic heterocycles. The minimum atomic E-state index is -1.08. The van der Waals surface area contributed by atoms with Crippen molar-refractivity contribution in [3.05, 3.63) is 36.9 Å². The van der Waals surface area contributed by atoms with Crippen LogP contribution in [-0.4, -0.2) is 27.3 Å². The van der Waals surface area contributed by atoms with Gasteiger partial charge in [0.05, 0.1) is 5.97 Å². The minimum absolute atomic E-state index is 0.0774. The van der Waals surface area contributed by atoms with Crippen molar-refractivity contribution in [1.29, 1.82) is 0 Å². The molecule has 2 rings (SSSR count). The van der Waals surface area contributed by atoms with Crippen LogP contribution >= 0.6 is 0 Å². The number of nitrogens with two attached hydrogens (primary N) is 1. The fourth-order valence-corrected chi connectivity index (χ4v) is 1.32. The number of carboxylic acid groups (broad SMARTS) is 1. The van der Waals surface area contributed by atoms with Crippen LogP contribution < -0.4 is 10.4 Å². The van der Waals surface area contributed by atoms with Crippen LogP contribution in [0.3, 0.4) is 0 Å². The van der Waals surface area contributed by atoms with Crippen molar-refractivity contribution in [1.82, 2.24) is 14.8 Å². The van der Waals surface area contributed by atoms with E-state index in [0.717, 1.165) is 11.4 Å². The topological polar surface area (TPSA) is 87.5 Å². The molecule has 0 fully saturated rings. The maximum absolute atomic E-state index is 10.3. The number of benzene rings is 1. The lowest BCUT2D eigenvalue weighted by molar-refractivity contribution is -0.569. The Hall–Kier alpha value is -2.21. The van der Waals surface area contributed by atoms with Gasteiger partial charge in [-0.2, -0.15) is 0 Å². The van der Waals surface area contributed by atoms with E-state index in [-0.39, 0.29) is 6.54 Å². The van der Waals surface area contributed by atoms with Gasteiger partial charge in [-0.15, -0.1) is 10.2 Å². The van der Waals surface area contributed by atoms with Crippen molar-refractivity contribution >= 4 is 11.7 Å². The van der Waals surface area contributed by atoms with Crippen molar-refractivity contribution in [3.63, 3.8) is 0 Å². The van der Waals surface area contributed by atoms with Crippen LogP contribution in [0.25, 0.3) is 5.69 Å². The van der Waals surface area contributed by atoms with Gasteiger partial charge in [0.15, 0.2) is 0 Å². The highest BCUT2D eigenvalue weighted by Crippen LogP contribution is 2.08. The molecule has 0 aliphatic carbocycles. The standard InChI is InChI=1S/C10H10N4O2/c15-10(16)5-11-8-1-3-9(4-2-8)14-6-12-13-7-14/h1-4,6-7,11H,5H2,(H,15,16). The van der Waals surface area contributed by atoms with E-state index >= 15 is 0 Å². The van der Waals surface area contributed by atoms with Gasteiger partial charge in [-0.05, 0) is 12.1 Å². The zero-order valence-corrected chi connectivity index (χ0v) is 8.41. The molecule has 0 radical (unpaired) electrons. The number of rotatable bonds is 4. The lowest BCUT2D eigenvalue weighted by atomic mass is 10.3. The number of quaternary nitrogens is 1. The van der Waals surface area contributed by atoms with Gasteiger partial charge in [0, 0.05) is 17.8 Å². The molecule has 0 atom stereocenters. The summed E-state index contributed by atoms with van der Waals surface area (Å²) < 4.78 is 1.77. The van der Waals surface area contributed by atoms with Crippen LogP contribution in [0, 0.1) is 0 Å². The molecule has 0 saturated heterocycles. The highest BCUT2D eigenvalue weighted by molar-refractivity contribution is 5.65. The van der Waals surface area contributed by atoms with E-state index in [1.165, 1.54) is 0 Å². The summed E-state index contributed by atoms with van der Waals surface area (Å²) in [4.78, 5) is 10.3. The molecule has 1 heterocycles. The SMILES string of the molecule is O=C([O-])C[NH2+]c1ccc(-n2cnnc2)cc1. The third-order valence-corrected chi connectivity index (χ3v) is 2.11. The third-order valence-electron chi connectivity index (χ3n) is 2.11. The number of carboxylic acids is 1. The maximum Gasteiger partial charge on any atom is 0.130 e. The Morgan fingerprint density at radius 3 is 2.44 bits per heavy atom. The minimum Gasteiger partial charge on any atom is -0.544 e. The average molecular weight is 218 g/mol. The van der Waals surface area contributed by atoms with Gasteiger partial charge in [-0.1, -0.05) is 0 Å². The fourth-order valence-electron chi connectivity index (χ4n) is 1.32. The second-order valence-corrected chi connectivity index (χ2v) is 3.24. The summed E-state index contributed by atoms with van der Waals surface area (Å²) in [6.07, 6.45) is 3.19. The second kappa shape index (κ2) is 4.54. The molecule has 0 aliphatic heterocycles. The summed E-state index contributed by atoms with van der Waals surface area (Å²) in [5.41, 5.74) is 1.77. The van der Waals surface area contributed by atoms with E-state index in [9.17, 15) is 9.90 Å². The predicted molar refractivity (Wildman–Crippen MR) is 52.8 cm³/mol. The van der Waals surface area contributed by atoms with Gasteiger partial charge in [-0.3, -0.25) is 4.57 Å². The molecule has 6 nitrogen and oxygen atoms in total. The van der Waals surface area contributed by atoms with E-state index in [4.69, 9.17) is 0 Å². The number of nitrogens with zero attached hydrogens (tertiary/aromatic N) is 3. The molecule has 6 heteroatoms. The molecular formula is C10H10N4O2. The van der Waals surface area contributed by atoms with E-state index in [1.807, 2.05) is 24.3 Å². The summed E-state index contributed by atoms with van der Waals surface area (Å²) >= 11 is 0. The van der Waals surface area contributed by atoms with Crippen molar-refractivity contribution in [2.45, 2.75) is 0 Å². The molecule has 0 unspecified atom stereocenters. The van der Waals surface area contributed by atoms with Crippen LogP contribution in [0.15, 0.2) is 36.9 Å². The first-order chi connectivity index (χ1) is 7.75. The van der Waals surface area contributed by atoms with Crippen molar-refractivity contribution in [2.24, 2.45) is 0 Å². The molecule has 2 N–H and O–H groups in total. The average Bonchev–Trinajstić information content (AvgIpc) is 2.80. The largest absolute Gasteiger partial charge is 0.544 e. The normalized spacial score (nSPS) is 10.2. The number of carbonyl (C=O) groups is 1. The highest BCUT2D eigenvalue weighted by Gasteiger charge is 1.99. The number of aromatic nitrogens is 3. The third kappa shape index (κ3) is 2.43. The molecule has 0 amide bonds. The number of aliphatic carboxylic acids is 1. The van der Waals surface area contributed by atoms with Gasteiger partial charge >= 0.3 is 0 Å². The van der Waals surface area contributed by atoms with Gasteiger partial charge in [0.1, 0.15) is 24.9 Å². The van der Waals surface area contributed by atoms with E-state index in [0.29, 0.717) is 0 Å². The smallest absolute Gasteiger partial charge is 0.130 e. The first kappa shape index (κ1) is 10.3. The number of carbonyl (C=O) groups excluding carboxylic acids is 1. The van der Waals surface area contributed by atoms with Crippen LogP contribution in [0.4, 0.5) is 5.69 Å².